The number of benzene rings is 1. The van der Waals surface area contributed by atoms with Crippen LogP contribution in [0.2, 0.25) is 0 Å². The van der Waals surface area contributed by atoms with Gasteiger partial charge in [-0.05, 0) is 86.0 Å². The maximum Gasteiger partial charge on any atom is 0.306 e. The van der Waals surface area contributed by atoms with E-state index in [9.17, 15) is 9.90 Å². The molecule has 2 fully saturated rings. The number of carbonyl (C=O) groups is 1. The molecule has 0 bridgehead atoms. The summed E-state index contributed by atoms with van der Waals surface area (Å²) in [6.45, 7) is 4.49. The minimum Gasteiger partial charge on any atom is -0.508 e. The molecule has 26 heavy (non-hydrogen) atoms. The molecule has 142 valence electrons. The first-order valence-corrected chi connectivity index (χ1v) is 10.5. The van der Waals surface area contributed by atoms with Gasteiger partial charge in [-0.25, -0.2) is 0 Å². The predicted molar refractivity (Wildman–Crippen MR) is 102 cm³/mol. The van der Waals surface area contributed by atoms with Crippen molar-refractivity contribution < 1.29 is 14.6 Å². The van der Waals surface area contributed by atoms with Gasteiger partial charge in [0, 0.05) is 11.8 Å². The molecule has 2 saturated carbocycles. The smallest absolute Gasteiger partial charge is 0.306 e. The molecular weight excluding hydrogens is 324 g/mol. The fourth-order valence-corrected chi connectivity index (χ4v) is 6.25. The van der Waals surface area contributed by atoms with Crippen LogP contribution >= 0.6 is 0 Å². The lowest BCUT2D eigenvalue weighted by atomic mass is 9.55. The quantitative estimate of drug-likeness (QED) is 0.740. The summed E-state index contributed by atoms with van der Waals surface area (Å²) in [5.41, 5.74) is 2.96. The van der Waals surface area contributed by atoms with Crippen LogP contribution < -0.4 is 0 Å². The zero-order chi connectivity index (χ0) is 18.3. The Balaban J connectivity index is 1.51. The Morgan fingerprint density at radius 2 is 2.12 bits per heavy atom. The van der Waals surface area contributed by atoms with Crippen molar-refractivity contribution in [2.24, 2.45) is 17.3 Å². The average molecular weight is 357 g/mol. The standard InChI is InChI=1S/C23H32O3/c1-3-4-5-22(25)26-21-11-10-20-19-8-6-15-14-16(24)7-9-17(15)18(19)12-13-23(20,21)2/h7,9,14,18-21,24H,3-6,8,10-13H2,1-2H3/t18-,19-,20+,21?,23+/m1/s1. The molecule has 0 heterocycles. The van der Waals surface area contributed by atoms with Gasteiger partial charge in [0.2, 0.25) is 0 Å². The van der Waals surface area contributed by atoms with E-state index in [2.05, 4.69) is 19.9 Å². The molecule has 0 radical (unpaired) electrons. The van der Waals surface area contributed by atoms with Gasteiger partial charge >= 0.3 is 5.97 Å². The molecular formula is C23H32O3. The summed E-state index contributed by atoms with van der Waals surface area (Å²) in [7, 11) is 0. The largest absolute Gasteiger partial charge is 0.508 e. The summed E-state index contributed by atoms with van der Waals surface area (Å²) in [5.74, 6) is 2.37. The monoisotopic (exact) mass is 356 g/mol. The van der Waals surface area contributed by atoms with E-state index in [4.69, 9.17) is 4.74 Å². The van der Waals surface area contributed by atoms with E-state index < -0.39 is 0 Å². The van der Waals surface area contributed by atoms with E-state index in [0.29, 0.717) is 29.9 Å². The first-order valence-electron chi connectivity index (χ1n) is 10.5. The zero-order valence-corrected chi connectivity index (χ0v) is 16.2. The molecule has 3 aliphatic carbocycles. The number of aromatic hydroxyl groups is 1. The van der Waals surface area contributed by atoms with Gasteiger partial charge in [0.1, 0.15) is 11.9 Å². The van der Waals surface area contributed by atoms with Gasteiger partial charge in [-0.15, -0.1) is 0 Å². The molecule has 0 aromatic heterocycles. The number of carbonyl (C=O) groups excluding carboxylic acids is 1. The number of hydrogen-bond acceptors (Lipinski definition) is 3. The molecule has 4 rings (SSSR count). The number of hydrogen-bond donors (Lipinski definition) is 1. The highest BCUT2D eigenvalue weighted by Gasteiger charge is 2.56. The van der Waals surface area contributed by atoms with E-state index in [-0.39, 0.29) is 17.5 Å². The van der Waals surface area contributed by atoms with E-state index in [0.717, 1.165) is 32.1 Å². The second-order valence-electron chi connectivity index (χ2n) is 9.00. The Kier molecular flexibility index (Phi) is 4.75. The van der Waals surface area contributed by atoms with Crippen LogP contribution in [0.15, 0.2) is 18.2 Å². The predicted octanol–water partition coefficient (Wildman–Crippen LogP) is 5.35. The Labute approximate surface area is 157 Å². The lowest BCUT2D eigenvalue weighted by molar-refractivity contribution is -0.157. The molecule has 0 saturated heterocycles. The van der Waals surface area contributed by atoms with Crippen molar-refractivity contribution in [3.8, 4) is 5.75 Å². The first kappa shape index (κ1) is 17.9. The third-order valence-corrected chi connectivity index (χ3v) is 7.63. The molecule has 5 atom stereocenters. The van der Waals surface area contributed by atoms with Gasteiger partial charge < -0.3 is 9.84 Å². The van der Waals surface area contributed by atoms with E-state index in [1.165, 1.54) is 30.4 Å². The highest BCUT2D eigenvalue weighted by Crippen LogP contribution is 2.61. The van der Waals surface area contributed by atoms with E-state index in [1.54, 1.807) is 0 Å². The molecule has 3 heteroatoms. The topological polar surface area (TPSA) is 46.5 Å². The van der Waals surface area contributed by atoms with Crippen molar-refractivity contribution in [3.05, 3.63) is 29.3 Å². The van der Waals surface area contributed by atoms with Crippen LogP contribution in [-0.4, -0.2) is 17.2 Å². The van der Waals surface area contributed by atoms with Crippen LogP contribution in [0.5, 0.6) is 5.75 Å². The lowest BCUT2D eigenvalue weighted by Gasteiger charge is -2.50. The summed E-state index contributed by atoms with van der Waals surface area (Å²) in [5, 5.41) is 9.81. The zero-order valence-electron chi connectivity index (χ0n) is 16.2. The van der Waals surface area contributed by atoms with Crippen LogP contribution in [-0.2, 0) is 16.0 Å². The second kappa shape index (κ2) is 6.90. The van der Waals surface area contributed by atoms with Gasteiger partial charge in [0.25, 0.3) is 0 Å². The molecule has 1 N–H and O–H groups in total. The molecule has 0 amide bonds. The Morgan fingerprint density at radius 3 is 2.92 bits per heavy atom. The molecule has 1 aromatic rings. The number of ether oxygens (including phenoxy) is 1. The summed E-state index contributed by atoms with van der Waals surface area (Å²) in [4.78, 5) is 12.2. The molecule has 1 aromatic carbocycles. The number of esters is 1. The maximum atomic E-state index is 12.2. The average Bonchev–Trinajstić information content (AvgIpc) is 2.96. The highest BCUT2D eigenvalue weighted by molar-refractivity contribution is 5.69. The molecule has 3 aliphatic rings. The summed E-state index contributed by atoms with van der Waals surface area (Å²) >= 11 is 0. The highest BCUT2D eigenvalue weighted by atomic mass is 16.5. The van der Waals surface area contributed by atoms with E-state index in [1.807, 2.05) is 12.1 Å². The minimum atomic E-state index is 0.00492. The maximum absolute atomic E-state index is 12.2. The summed E-state index contributed by atoms with van der Waals surface area (Å²) in [6.07, 6.45) is 9.47. The van der Waals surface area contributed by atoms with Crippen molar-refractivity contribution >= 4 is 5.97 Å². The first-order chi connectivity index (χ1) is 12.5. The molecule has 0 aliphatic heterocycles. The fraction of sp³-hybridized carbons (Fsp3) is 0.696. The lowest BCUT2D eigenvalue weighted by Crippen LogP contribution is -2.45. The Bertz CT molecular complexity index is 682. The van der Waals surface area contributed by atoms with Crippen molar-refractivity contribution in [2.45, 2.75) is 83.7 Å². The number of unbranched alkanes of at least 4 members (excludes halogenated alkanes) is 1. The SMILES string of the molecule is CCCCC(=O)OC1CC[C@H]2[C@@H]3CCc4cc(O)ccc4[C@H]3CC[C@]12C. The van der Waals surface area contributed by atoms with Crippen LogP contribution in [0.25, 0.3) is 0 Å². The van der Waals surface area contributed by atoms with Crippen LogP contribution in [0.4, 0.5) is 0 Å². The number of rotatable bonds is 4. The van der Waals surface area contributed by atoms with Gasteiger partial charge in [-0.1, -0.05) is 26.3 Å². The number of aryl methyl sites for hydroxylation is 1. The Morgan fingerprint density at radius 1 is 1.27 bits per heavy atom. The number of phenolic OH excluding ortho intramolecular Hbond substituents is 1. The van der Waals surface area contributed by atoms with Gasteiger partial charge in [-0.3, -0.25) is 4.79 Å². The molecule has 3 nitrogen and oxygen atoms in total. The van der Waals surface area contributed by atoms with Crippen LogP contribution in [0, 0.1) is 17.3 Å². The fourth-order valence-electron chi connectivity index (χ4n) is 6.25. The van der Waals surface area contributed by atoms with Gasteiger partial charge in [0.15, 0.2) is 0 Å². The Hall–Kier alpha value is -1.51. The van der Waals surface area contributed by atoms with Crippen molar-refractivity contribution in [3.63, 3.8) is 0 Å². The summed E-state index contributed by atoms with van der Waals surface area (Å²) < 4.78 is 5.98. The number of phenols is 1. The number of fused-ring (bicyclic) bond motifs is 5. The minimum absolute atomic E-state index is 0.00492. The third-order valence-electron chi connectivity index (χ3n) is 7.63. The van der Waals surface area contributed by atoms with Crippen molar-refractivity contribution in [1.29, 1.82) is 0 Å². The van der Waals surface area contributed by atoms with Crippen LogP contribution in [0.3, 0.4) is 0 Å². The third kappa shape index (κ3) is 2.93. The molecule has 0 spiro atoms. The summed E-state index contributed by atoms with van der Waals surface area (Å²) in [6, 6.07) is 5.97. The van der Waals surface area contributed by atoms with Gasteiger partial charge in [0.05, 0.1) is 0 Å². The van der Waals surface area contributed by atoms with Crippen molar-refractivity contribution in [2.75, 3.05) is 0 Å². The van der Waals surface area contributed by atoms with Crippen LogP contribution in [0.1, 0.15) is 82.3 Å². The second-order valence-corrected chi connectivity index (χ2v) is 9.00. The molecule has 1 unspecified atom stereocenters. The van der Waals surface area contributed by atoms with E-state index >= 15 is 0 Å². The normalized spacial score (nSPS) is 35.3. The van der Waals surface area contributed by atoms with Gasteiger partial charge in [-0.2, -0.15) is 0 Å². The van der Waals surface area contributed by atoms with Crippen molar-refractivity contribution in [1.82, 2.24) is 0 Å².